The van der Waals surface area contributed by atoms with Gasteiger partial charge in [-0.2, -0.15) is 0 Å². The highest BCUT2D eigenvalue weighted by molar-refractivity contribution is 5.84. The molecule has 2 aromatic rings. The smallest absolute Gasteiger partial charge is 0.255 e. The molecule has 0 bridgehead atoms. The largest absolute Gasteiger partial charge is 0.497 e. The number of hydrogen-bond acceptors (Lipinski definition) is 3. The van der Waals surface area contributed by atoms with E-state index in [-0.39, 0.29) is 18.0 Å². The van der Waals surface area contributed by atoms with Gasteiger partial charge in [-0.1, -0.05) is 26.7 Å². The maximum Gasteiger partial charge on any atom is 0.255 e. The number of rotatable bonds is 8. The van der Waals surface area contributed by atoms with E-state index < -0.39 is 0 Å². The van der Waals surface area contributed by atoms with E-state index in [1.807, 2.05) is 29.2 Å². The van der Waals surface area contributed by atoms with Crippen molar-refractivity contribution in [2.24, 2.45) is 0 Å². The fourth-order valence-electron chi connectivity index (χ4n) is 4.32. The lowest BCUT2D eigenvalue weighted by molar-refractivity contribution is -0.131. The molecular formula is C23H32N2O3. The fourth-order valence-corrected chi connectivity index (χ4v) is 4.32. The van der Waals surface area contributed by atoms with Crippen LogP contribution >= 0.6 is 0 Å². The van der Waals surface area contributed by atoms with Crippen molar-refractivity contribution in [1.82, 2.24) is 9.47 Å². The Bertz CT molecular complexity index is 875. The van der Waals surface area contributed by atoms with Crippen LogP contribution in [0.3, 0.4) is 0 Å². The summed E-state index contributed by atoms with van der Waals surface area (Å²) in [5.74, 6) is 1.02. The van der Waals surface area contributed by atoms with Gasteiger partial charge in [0.25, 0.3) is 5.56 Å². The Labute approximate surface area is 167 Å². The summed E-state index contributed by atoms with van der Waals surface area (Å²) in [6.07, 6.45) is 6.29. The Morgan fingerprint density at radius 1 is 1.14 bits per heavy atom. The van der Waals surface area contributed by atoms with Crippen molar-refractivity contribution < 1.29 is 9.53 Å². The van der Waals surface area contributed by atoms with Crippen molar-refractivity contribution in [3.8, 4) is 5.75 Å². The zero-order valence-corrected chi connectivity index (χ0v) is 17.4. The lowest BCUT2D eigenvalue weighted by Crippen LogP contribution is -2.38. The van der Waals surface area contributed by atoms with Crippen LogP contribution in [-0.2, 0) is 11.3 Å². The van der Waals surface area contributed by atoms with Gasteiger partial charge >= 0.3 is 0 Å². The molecule has 5 heteroatoms. The minimum absolute atomic E-state index is 0.0125. The van der Waals surface area contributed by atoms with Crippen LogP contribution in [0.25, 0.3) is 10.9 Å². The van der Waals surface area contributed by atoms with Crippen molar-refractivity contribution in [3.05, 3.63) is 40.2 Å². The van der Waals surface area contributed by atoms with E-state index in [1.165, 1.54) is 12.8 Å². The van der Waals surface area contributed by atoms with Crippen LogP contribution in [0, 0.1) is 0 Å². The molecule has 1 aliphatic carbocycles. The lowest BCUT2D eigenvalue weighted by atomic mass is 9.97. The number of carbonyl (C=O) groups is 1. The molecular weight excluding hydrogens is 352 g/mol. The van der Waals surface area contributed by atoms with E-state index in [0.717, 1.165) is 55.2 Å². The molecule has 1 aromatic heterocycles. The molecule has 1 aromatic carbocycles. The van der Waals surface area contributed by atoms with E-state index in [4.69, 9.17) is 4.74 Å². The van der Waals surface area contributed by atoms with Crippen LogP contribution in [0.1, 0.15) is 63.9 Å². The summed E-state index contributed by atoms with van der Waals surface area (Å²) in [6.45, 7) is 5.69. The quantitative estimate of drug-likeness (QED) is 0.681. The van der Waals surface area contributed by atoms with Crippen molar-refractivity contribution in [2.75, 3.05) is 20.2 Å². The first-order valence-electron chi connectivity index (χ1n) is 10.6. The van der Waals surface area contributed by atoms with Crippen molar-refractivity contribution >= 4 is 16.8 Å². The Kier molecular flexibility index (Phi) is 6.76. The molecule has 0 aliphatic heterocycles. The summed E-state index contributed by atoms with van der Waals surface area (Å²) in [7, 11) is 1.62. The van der Waals surface area contributed by atoms with Gasteiger partial charge in [-0.15, -0.1) is 0 Å². The van der Waals surface area contributed by atoms with Gasteiger partial charge in [0.15, 0.2) is 0 Å². The molecule has 0 saturated heterocycles. The molecule has 3 rings (SSSR count). The van der Waals surface area contributed by atoms with Crippen LogP contribution in [0.15, 0.2) is 29.1 Å². The molecule has 1 saturated carbocycles. The number of carbonyl (C=O) groups excluding carboxylic acids is 1. The van der Waals surface area contributed by atoms with Gasteiger partial charge in [0.2, 0.25) is 5.91 Å². The minimum Gasteiger partial charge on any atom is -0.497 e. The zero-order chi connectivity index (χ0) is 20.1. The number of pyridine rings is 1. The van der Waals surface area contributed by atoms with Crippen LogP contribution in [-0.4, -0.2) is 35.6 Å². The summed E-state index contributed by atoms with van der Waals surface area (Å²) in [5.41, 5.74) is 1.61. The molecule has 0 atom stereocenters. The molecule has 0 spiro atoms. The Balaban J connectivity index is 2.07. The number of methoxy groups -OCH3 is 1. The predicted molar refractivity (Wildman–Crippen MR) is 113 cm³/mol. The number of benzene rings is 1. The van der Waals surface area contributed by atoms with Crippen LogP contribution in [0.2, 0.25) is 0 Å². The molecule has 0 N–H and O–H groups in total. The summed E-state index contributed by atoms with van der Waals surface area (Å²) in [5, 5.41) is 0.993. The molecule has 28 heavy (non-hydrogen) atoms. The third kappa shape index (κ3) is 4.23. The highest BCUT2D eigenvalue weighted by Gasteiger charge is 2.23. The van der Waals surface area contributed by atoms with Gasteiger partial charge in [0, 0.05) is 24.7 Å². The summed E-state index contributed by atoms with van der Waals surface area (Å²) < 4.78 is 7.04. The minimum atomic E-state index is -0.0195. The van der Waals surface area contributed by atoms with Gasteiger partial charge in [-0.3, -0.25) is 14.2 Å². The summed E-state index contributed by atoms with van der Waals surface area (Å²) in [6, 6.07) is 7.80. The third-order valence-electron chi connectivity index (χ3n) is 5.76. The van der Waals surface area contributed by atoms with E-state index in [2.05, 4.69) is 13.8 Å². The number of amides is 1. The maximum atomic E-state index is 13.4. The number of fused-ring (bicyclic) bond motifs is 1. The van der Waals surface area contributed by atoms with Gasteiger partial charge in [0.05, 0.1) is 12.6 Å². The molecule has 0 unspecified atom stereocenters. The number of ether oxygens (including phenoxy) is 1. The van der Waals surface area contributed by atoms with Gasteiger partial charge in [0.1, 0.15) is 12.3 Å². The van der Waals surface area contributed by atoms with Gasteiger partial charge < -0.3 is 9.64 Å². The molecule has 5 nitrogen and oxygen atoms in total. The number of nitrogens with zero attached hydrogens (tertiary/aromatic N) is 2. The standard InChI is InChI=1S/C23H32N2O3/c1-4-12-24(13-5-2)22(26)16-25-21-15-19(28-3)11-10-18(21)14-20(23(25)27)17-8-6-7-9-17/h10-11,14-15,17H,4-9,12-13,16H2,1-3H3. The highest BCUT2D eigenvalue weighted by Crippen LogP contribution is 2.34. The van der Waals surface area contributed by atoms with Crippen LogP contribution < -0.4 is 10.3 Å². The fraction of sp³-hybridized carbons (Fsp3) is 0.565. The first-order chi connectivity index (χ1) is 13.6. The first-order valence-corrected chi connectivity index (χ1v) is 10.6. The Morgan fingerprint density at radius 2 is 1.82 bits per heavy atom. The molecule has 152 valence electrons. The van der Waals surface area contributed by atoms with Crippen molar-refractivity contribution in [2.45, 2.75) is 64.8 Å². The second-order valence-corrected chi connectivity index (χ2v) is 7.78. The monoisotopic (exact) mass is 384 g/mol. The Hall–Kier alpha value is -2.30. The molecule has 1 aliphatic rings. The molecule has 0 radical (unpaired) electrons. The Morgan fingerprint density at radius 3 is 2.43 bits per heavy atom. The highest BCUT2D eigenvalue weighted by atomic mass is 16.5. The van der Waals surface area contributed by atoms with Crippen LogP contribution in [0.4, 0.5) is 0 Å². The first kappa shape index (κ1) is 20.4. The lowest BCUT2D eigenvalue weighted by Gasteiger charge is -2.23. The normalized spacial score (nSPS) is 14.5. The topological polar surface area (TPSA) is 51.5 Å². The van der Waals surface area contributed by atoms with E-state index in [9.17, 15) is 9.59 Å². The van der Waals surface area contributed by atoms with E-state index >= 15 is 0 Å². The van der Waals surface area contributed by atoms with E-state index in [1.54, 1.807) is 11.7 Å². The second-order valence-electron chi connectivity index (χ2n) is 7.78. The van der Waals surface area contributed by atoms with Crippen LogP contribution in [0.5, 0.6) is 5.75 Å². The number of hydrogen-bond donors (Lipinski definition) is 0. The average molecular weight is 385 g/mol. The predicted octanol–water partition coefficient (Wildman–Crippen LogP) is 4.32. The summed E-state index contributed by atoms with van der Waals surface area (Å²) >= 11 is 0. The maximum absolute atomic E-state index is 13.4. The molecule has 1 amide bonds. The van der Waals surface area contributed by atoms with Crippen molar-refractivity contribution in [3.63, 3.8) is 0 Å². The average Bonchev–Trinajstić information content (AvgIpc) is 3.23. The second kappa shape index (κ2) is 9.26. The summed E-state index contributed by atoms with van der Waals surface area (Å²) in [4.78, 5) is 28.3. The number of aromatic nitrogens is 1. The van der Waals surface area contributed by atoms with Gasteiger partial charge in [-0.05, 0) is 55.2 Å². The van der Waals surface area contributed by atoms with Crippen molar-refractivity contribution in [1.29, 1.82) is 0 Å². The van der Waals surface area contributed by atoms with Gasteiger partial charge in [-0.25, -0.2) is 0 Å². The molecule has 1 heterocycles. The third-order valence-corrected chi connectivity index (χ3v) is 5.76. The SMILES string of the molecule is CCCN(CCC)C(=O)Cn1c(=O)c(C2CCCC2)cc2ccc(OC)cc21. The zero-order valence-electron chi connectivity index (χ0n) is 17.4. The molecule has 1 fully saturated rings. The van der Waals surface area contributed by atoms with E-state index in [0.29, 0.717) is 11.7 Å².